The number of nitrogens with zero attached hydrogens (tertiary/aromatic N) is 1. The van der Waals surface area contributed by atoms with Gasteiger partial charge in [0.25, 0.3) is 0 Å². The van der Waals surface area contributed by atoms with Gasteiger partial charge >= 0.3 is 0 Å². The van der Waals surface area contributed by atoms with E-state index in [4.69, 9.17) is 9.47 Å². The standard InChI is InChI=1S/C19H33N3O2S/c1-6-23-10-11-24-14-17-9-7-8-16(12-17)13-21-18(20-4)22-15-19(2,3)25-5/h7-9,12H,6,10-11,13-15H2,1-5H3,(H2,20,21,22). The van der Waals surface area contributed by atoms with Crippen molar-refractivity contribution in [3.05, 3.63) is 35.4 Å². The Morgan fingerprint density at radius 1 is 1.16 bits per heavy atom. The van der Waals surface area contributed by atoms with Crippen LogP contribution in [0.1, 0.15) is 31.9 Å². The molecule has 0 unspecified atom stereocenters. The molecule has 1 rings (SSSR count). The van der Waals surface area contributed by atoms with Crippen LogP contribution >= 0.6 is 11.8 Å². The minimum absolute atomic E-state index is 0.177. The van der Waals surface area contributed by atoms with Crippen LogP contribution in [-0.2, 0) is 22.6 Å². The highest BCUT2D eigenvalue weighted by Gasteiger charge is 2.15. The Morgan fingerprint density at radius 2 is 1.88 bits per heavy atom. The zero-order chi connectivity index (χ0) is 18.5. The third-order valence-electron chi connectivity index (χ3n) is 3.75. The summed E-state index contributed by atoms with van der Waals surface area (Å²) in [4.78, 5) is 4.29. The summed E-state index contributed by atoms with van der Waals surface area (Å²) < 4.78 is 11.1. The number of aliphatic imine (C=N–C) groups is 1. The van der Waals surface area contributed by atoms with E-state index in [0.717, 1.165) is 25.7 Å². The predicted molar refractivity (Wildman–Crippen MR) is 108 cm³/mol. The van der Waals surface area contributed by atoms with E-state index in [2.05, 4.69) is 60.0 Å². The van der Waals surface area contributed by atoms with Gasteiger partial charge < -0.3 is 20.1 Å². The van der Waals surface area contributed by atoms with E-state index >= 15 is 0 Å². The normalized spacial score (nSPS) is 12.3. The average molecular weight is 368 g/mol. The summed E-state index contributed by atoms with van der Waals surface area (Å²) in [6, 6.07) is 8.41. The van der Waals surface area contributed by atoms with E-state index in [9.17, 15) is 0 Å². The van der Waals surface area contributed by atoms with Gasteiger partial charge in [-0.05, 0) is 38.2 Å². The first-order valence-corrected chi connectivity index (χ1v) is 9.96. The van der Waals surface area contributed by atoms with Crippen molar-refractivity contribution in [3.63, 3.8) is 0 Å². The molecule has 25 heavy (non-hydrogen) atoms. The highest BCUT2D eigenvalue weighted by molar-refractivity contribution is 7.99. The minimum Gasteiger partial charge on any atom is -0.379 e. The highest BCUT2D eigenvalue weighted by Crippen LogP contribution is 2.19. The lowest BCUT2D eigenvalue weighted by Gasteiger charge is -2.23. The van der Waals surface area contributed by atoms with Crippen LogP contribution < -0.4 is 10.6 Å². The molecule has 1 aromatic carbocycles. The third-order valence-corrected chi connectivity index (χ3v) is 5.00. The lowest BCUT2D eigenvalue weighted by molar-refractivity contribution is 0.0453. The Labute approximate surface area is 157 Å². The predicted octanol–water partition coefficient (Wildman–Crippen LogP) is 3.05. The Kier molecular flexibility index (Phi) is 10.6. The molecule has 1 aromatic rings. The number of thioether (sulfide) groups is 1. The lowest BCUT2D eigenvalue weighted by atomic mass is 10.1. The van der Waals surface area contributed by atoms with Crippen molar-refractivity contribution in [2.24, 2.45) is 4.99 Å². The van der Waals surface area contributed by atoms with Crippen LogP contribution in [0.4, 0.5) is 0 Å². The number of ether oxygens (including phenoxy) is 2. The van der Waals surface area contributed by atoms with Crippen molar-refractivity contribution >= 4 is 17.7 Å². The molecular formula is C19H33N3O2S. The summed E-state index contributed by atoms with van der Waals surface area (Å²) in [6.45, 7) is 10.6. The molecule has 5 nitrogen and oxygen atoms in total. The lowest BCUT2D eigenvalue weighted by Crippen LogP contribution is -2.42. The average Bonchev–Trinajstić information content (AvgIpc) is 2.62. The number of guanidine groups is 1. The second kappa shape index (κ2) is 12.2. The molecule has 0 aliphatic carbocycles. The zero-order valence-corrected chi connectivity index (χ0v) is 17.0. The molecule has 142 valence electrons. The topological polar surface area (TPSA) is 54.9 Å². The van der Waals surface area contributed by atoms with E-state index in [-0.39, 0.29) is 4.75 Å². The van der Waals surface area contributed by atoms with Crippen molar-refractivity contribution in [2.75, 3.05) is 39.7 Å². The fraction of sp³-hybridized carbons (Fsp3) is 0.632. The molecule has 0 radical (unpaired) electrons. The monoisotopic (exact) mass is 367 g/mol. The second-order valence-electron chi connectivity index (χ2n) is 6.31. The van der Waals surface area contributed by atoms with Crippen molar-refractivity contribution in [1.29, 1.82) is 0 Å². The molecule has 6 heteroatoms. The summed E-state index contributed by atoms with van der Waals surface area (Å²) in [7, 11) is 1.80. The maximum Gasteiger partial charge on any atom is 0.191 e. The number of benzene rings is 1. The third kappa shape index (κ3) is 9.72. The van der Waals surface area contributed by atoms with Gasteiger partial charge in [-0.15, -0.1) is 0 Å². The quantitative estimate of drug-likeness (QED) is 0.358. The van der Waals surface area contributed by atoms with Crippen molar-refractivity contribution < 1.29 is 9.47 Å². The first-order valence-electron chi connectivity index (χ1n) is 8.73. The molecule has 0 fully saturated rings. The summed E-state index contributed by atoms with van der Waals surface area (Å²) in [5.41, 5.74) is 2.38. The Bertz CT molecular complexity index is 521. The van der Waals surface area contributed by atoms with Gasteiger partial charge in [-0.1, -0.05) is 24.3 Å². The van der Waals surface area contributed by atoms with Gasteiger partial charge in [0.2, 0.25) is 0 Å². The number of rotatable bonds is 11. The Morgan fingerprint density at radius 3 is 2.56 bits per heavy atom. The molecular weight excluding hydrogens is 334 g/mol. The SMILES string of the molecule is CCOCCOCc1cccc(CNC(=NC)NCC(C)(C)SC)c1. The molecule has 0 aliphatic rings. The molecule has 0 saturated heterocycles. The van der Waals surface area contributed by atoms with Crippen LogP contribution in [0.2, 0.25) is 0 Å². The van der Waals surface area contributed by atoms with Crippen LogP contribution in [0.15, 0.2) is 29.3 Å². The van der Waals surface area contributed by atoms with Crippen LogP contribution in [0.5, 0.6) is 0 Å². The number of hydrogen-bond donors (Lipinski definition) is 2. The molecule has 0 spiro atoms. The van der Waals surface area contributed by atoms with Gasteiger partial charge in [0.15, 0.2) is 5.96 Å². The van der Waals surface area contributed by atoms with E-state index in [1.807, 2.05) is 18.7 Å². The molecule has 0 bridgehead atoms. The molecule has 0 heterocycles. The largest absolute Gasteiger partial charge is 0.379 e. The summed E-state index contributed by atoms with van der Waals surface area (Å²) >= 11 is 1.84. The Hall–Kier alpha value is -1.24. The summed E-state index contributed by atoms with van der Waals surface area (Å²) in [5, 5.41) is 6.74. The second-order valence-corrected chi connectivity index (χ2v) is 7.83. The van der Waals surface area contributed by atoms with Gasteiger partial charge in [0.05, 0.1) is 19.8 Å². The van der Waals surface area contributed by atoms with Crippen molar-refractivity contribution in [2.45, 2.75) is 38.7 Å². The van der Waals surface area contributed by atoms with Crippen LogP contribution in [0.25, 0.3) is 0 Å². The van der Waals surface area contributed by atoms with Crippen LogP contribution in [0, 0.1) is 0 Å². The molecule has 0 amide bonds. The molecule has 0 saturated carbocycles. The van der Waals surface area contributed by atoms with E-state index in [0.29, 0.717) is 19.8 Å². The fourth-order valence-corrected chi connectivity index (χ4v) is 2.27. The van der Waals surface area contributed by atoms with Crippen molar-refractivity contribution in [1.82, 2.24) is 10.6 Å². The number of nitrogens with one attached hydrogen (secondary N) is 2. The highest BCUT2D eigenvalue weighted by atomic mass is 32.2. The van der Waals surface area contributed by atoms with Gasteiger partial charge in [0.1, 0.15) is 0 Å². The van der Waals surface area contributed by atoms with Crippen LogP contribution in [0.3, 0.4) is 0 Å². The molecule has 0 atom stereocenters. The molecule has 2 N–H and O–H groups in total. The van der Waals surface area contributed by atoms with E-state index in [1.165, 1.54) is 11.1 Å². The van der Waals surface area contributed by atoms with Gasteiger partial charge in [0, 0.05) is 31.5 Å². The maximum atomic E-state index is 5.63. The van der Waals surface area contributed by atoms with E-state index < -0.39 is 0 Å². The number of hydrogen-bond acceptors (Lipinski definition) is 4. The Balaban J connectivity index is 2.41. The molecule has 0 aliphatic heterocycles. The first-order chi connectivity index (χ1) is 12.0. The van der Waals surface area contributed by atoms with Gasteiger partial charge in [-0.25, -0.2) is 0 Å². The van der Waals surface area contributed by atoms with Gasteiger partial charge in [-0.3, -0.25) is 4.99 Å². The van der Waals surface area contributed by atoms with Crippen molar-refractivity contribution in [3.8, 4) is 0 Å². The zero-order valence-electron chi connectivity index (χ0n) is 16.2. The summed E-state index contributed by atoms with van der Waals surface area (Å²) in [5.74, 6) is 0.820. The summed E-state index contributed by atoms with van der Waals surface area (Å²) in [6.07, 6.45) is 2.12. The first kappa shape index (κ1) is 21.8. The maximum absolute atomic E-state index is 5.63. The minimum atomic E-state index is 0.177. The van der Waals surface area contributed by atoms with E-state index in [1.54, 1.807) is 7.05 Å². The van der Waals surface area contributed by atoms with Crippen LogP contribution in [-0.4, -0.2) is 50.4 Å². The van der Waals surface area contributed by atoms with Gasteiger partial charge in [-0.2, -0.15) is 11.8 Å². The fourth-order valence-electron chi connectivity index (χ4n) is 2.06. The smallest absolute Gasteiger partial charge is 0.191 e. The molecule has 0 aromatic heterocycles.